The first kappa shape index (κ1) is 22.5. The van der Waals surface area contributed by atoms with E-state index in [4.69, 9.17) is 0 Å². The third kappa shape index (κ3) is 4.72. The number of aryl methyl sites for hydroxylation is 1. The van der Waals surface area contributed by atoms with Crippen molar-refractivity contribution in [3.63, 3.8) is 0 Å². The zero-order chi connectivity index (χ0) is 22.9. The van der Waals surface area contributed by atoms with Crippen LogP contribution >= 0.6 is 0 Å². The predicted octanol–water partition coefficient (Wildman–Crippen LogP) is 2.82. The summed E-state index contributed by atoms with van der Waals surface area (Å²) in [4.78, 5) is 36.6. The molecule has 32 heavy (non-hydrogen) atoms. The van der Waals surface area contributed by atoms with Crippen LogP contribution in [0.2, 0.25) is 0 Å². The molecule has 3 heterocycles. The summed E-state index contributed by atoms with van der Waals surface area (Å²) < 4.78 is 0. The molecule has 1 spiro atoms. The maximum atomic E-state index is 13.4. The van der Waals surface area contributed by atoms with Crippen LogP contribution in [0.15, 0.2) is 30.5 Å². The highest BCUT2D eigenvalue weighted by molar-refractivity contribution is 5.98. The van der Waals surface area contributed by atoms with Crippen LogP contribution in [0.4, 0.5) is 0 Å². The van der Waals surface area contributed by atoms with Crippen molar-refractivity contribution in [2.24, 2.45) is 5.92 Å². The molecule has 4 rings (SSSR count). The lowest BCUT2D eigenvalue weighted by Crippen LogP contribution is -2.62. The lowest BCUT2D eigenvalue weighted by atomic mass is 9.76. The summed E-state index contributed by atoms with van der Waals surface area (Å²) in [5, 5.41) is 6.39. The summed E-state index contributed by atoms with van der Waals surface area (Å²) in [5.41, 5.74) is 1.81. The Balaban J connectivity index is 1.58. The van der Waals surface area contributed by atoms with E-state index < -0.39 is 5.54 Å². The van der Waals surface area contributed by atoms with Gasteiger partial charge in [0.25, 0.3) is 5.91 Å². The van der Waals surface area contributed by atoms with Gasteiger partial charge in [-0.15, -0.1) is 0 Å². The first-order chi connectivity index (χ1) is 15.2. The molecule has 1 fully saturated rings. The Kier molecular flexibility index (Phi) is 6.12. The Morgan fingerprint density at radius 1 is 1.31 bits per heavy atom. The van der Waals surface area contributed by atoms with Gasteiger partial charge in [-0.25, -0.2) is 4.98 Å². The van der Waals surface area contributed by atoms with Crippen LogP contribution < -0.4 is 10.6 Å². The number of nitrogens with zero attached hydrogens (tertiary/aromatic N) is 2. The van der Waals surface area contributed by atoms with Crippen LogP contribution in [0, 0.1) is 5.92 Å². The molecule has 2 aliphatic heterocycles. The van der Waals surface area contributed by atoms with Gasteiger partial charge in [-0.1, -0.05) is 31.5 Å². The summed E-state index contributed by atoms with van der Waals surface area (Å²) in [5.74, 6) is 0.581. The second kappa shape index (κ2) is 8.70. The van der Waals surface area contributed by atoms with Gasteiger partial charge in [0.15, 0.2) is 0 Å². The van der Waals surface area contributed by atoms with Crippen molar-refractivity contribution in [1.29, 1.82) is 0 Å². The second-order valence-corrected chi connectivity index (χ2v) is 10.4. The standard InChI is InChI=1S/C25H35N5O2/c1-5-6-11-21-26-13-18(27-21)14-30-15-20(23(32)28-24(2,3)4)25(16-30)12-17-9-7-8-10-19(17)22(31)29-25/h7-10,13,20H,5-6,11-12,14-16H2,1-4H3,(H,26,27)(H,28,32)(H,29,31)/t20-,25+/m0/s1. The van der Waals surface area contributed by atoms with Gasteiger partial charge in [0, 0.05) is 49.0 Å². The number of hydrogen-bond donors (Lipinski definition) is 3. The van der Waals surface area contributed by atoms with E-state index in [2.05, 4.69) is 32.4 Å². The fourth-order valence-corrected chi connectivity index (χ4v) is 5.00. The highest BCUT2D eigenvalue weighted by Gasteiger charge is 2.53. The predicted molar refractivity (Wildman–Crippen MR) is 124 cm³/mol. The molecule has 2 amide bonds. The number of amides is 2. The number of imidazole rings is 1. The van der Waals surface area contributed by atoms with E-state index in [1.807, 2.05) is 51.2 Å². The summed E-state index contributed by atoms with van der Waals surface area (Å²) >= 11 is 0. The first-order valence-electron chi connectivity index (χ1n) is 11.7. The Bertz CT molecular complexity index is 992. The summed E-state index contributed by atoms with van der Waals surface area (Å²) in [6.45, 7) is 10.0. The van der Waals surface area contributed by atoms with E-state index in [9.17, 15) is 9.59 Å². The van der Waals surface area contributed by atoms with E-state index in [-0.39, 0.29) is 23.3 Å². The molecule has 1 aromatic carbocycles. The molecule has 0 aliphatic carbocycles. The van der Waals surface area contributed by atoms with Crippen molar-refractivity contribution in [3.8, 4) is 0 Å². The molecular weight excluding hydrogens is 402 g/mol. The highest BCUT2D eigenvalue weighted by Crippen LogP contribution is 2.36. The molecule has 0 saturated carbocycles. The van der Waals surface area contributed by atoms with Gasteiger partial charge in [-0.3, -0.25) is 14.5 Å². The molecule has 2 aromatic rings. The number of aromatic nitrogens is 2. The van der Waals surface area contributed by atoms with Gasteiger partial charge in [0.2, 0.25) is 5.91 Å². The monoisotopic (exact) mass is 437 g/mol. The molecule has 1 aromatic heterocycles. The molecule has 2 atom stereocenters. The van der Waals surface area contributed by atoms with Crippen LogP contribution in [-0.2, 0) is 24.2 Å². The van der Waals surface area contributed by atoms with E-state index >= 15 is 0 Å². The minimum atomic E-state index is -0.619. The first-order valence-corrected chi connectivity index (χ1v) is 11.7. The minimum Gasteiger partial charge on any atom is -0.351 e. The topological polar surface area (TPSA) is 90.1 Å². The summed E-state index contributed by atoms with van der Waals surface area (Å²) in [6.07, 6.45) is 5.74. The summed E-state index contributed by atoms with van der Waals surface area (Å²) in [7, 11) is 0. The molecule has 172 valence electrons. The molecule has 0 bridgehead atoms. The number of fused-ring (bicyclic) bond motifs is 1. The number of carbonyl (C=O) groups is 2. The number of likely N-dealkylation sites (tertiary alicyclic amines) is 1. The largest absolute Gasteiger partial charge is 0.351 e. The van der Waals surface area contributed by atoms with E-state index in [1.165, 1.54) is 0 Å². The van der Waals surface area contributed by atoms with Crippen LogP contribution in [0.25, 0.3) is 0 Å². The fraction of sp³-hybridized carbons (Fsp3) is 0.560. The maximum absolute atomic E-state index is 13.4. The van der Waals surface area contributed by atoms with Crippen molar-refractivity contribution >= 4 is 11.8 Å². The zero-order valence-electron chi connectivity index (χ0n) is 19.6. The van der Waals surface area contributed by atoms with Gasteiger partial charge in [-0.05, 0) is 45.2 Å². The number of H-pyrrole nitrogens is 1. The van der Waals surface area contributed by atoms with Crippen LogP contribution in [0.1, 0.15) is 68.0 Å². The zero-order valence-corrected chi connectivity index (χ0v) is 19.6. The third-order valence-electron chi connectivity index (χ3n) is 6.40. The Morgan fingerprint density at radius 3 is 2.84 bits per heavy atom. The molecule has 0 radical (unpaired) electrons. The van der Waals surface area contributed by atoms with Crippen molar-refractivity contribution in [2.45, 2.75) is 71.0 Å². The maximum Gasteiger partial charge on any atom is 0.252 e. The van der Waals surface area contributed by atoms with E-state index in [0.29, 0.717) is 31.6 Å². The third-order valence-corrected chi connectivity index (χ3v) is 6.40. The summed E-state index contributed by atoms with van der Waals surface area (Å²) in [6, 6.07) is 7.71. The quantitative estimate of drug-likeness (QED) is 0.648. The highest BCUT2D eigenvalue weighted by atomic mass is 16.2. The SMILES string of the molecule is CCCCc1ncc(CN2C[C@@H](C(=O)NC(C)(C)C)[C@@]3(Cc4ccccc4C(=O)N3)C2)[nH]1. The molecule has 0 unspecified atom stereocenters. The molecular formula is C25H35N5O2. The van der Waals surface area contributed by atoms with Crippen molar-refractivity contribution in [1.82, 2.24) is 25.5 Å². The Labute approximate surface area is 190 Å². The molecule has 3 N–H and O–H groups in total. The van der Waals surface area contributed by atoms with Gasteiger partial charge >= 0.3 is 0 Å². The number of nitrogens with one attached hydrogen (secondary N) is 3. The van der Waals surface area contributed by atoms with Gasteiger partial charge < -0.3 is 15.6 Å². The smallest absolute Gasteiger partial charge is 0.252 e. The number of aromatic amines is 1. The number of unbranched alkanes of at least 4 members (excludes halogenated alkanes) is 1. The second-order valence-electron chi connectivity index (χ2n) is 10.4. The van der Waals surface area contributed by atoms with Crippen LogP contribution in [0.3, 0.4) is 0 Å². The Hall–Kier alpha value is -2.67. The van der Waals surface area contributed by atoms with Crippen LogP contribution in [0.5, 0.6) is 0 Å². The van der Waals surface area contributed by atoms with E-state index in [1.54, 1.807) is 0 Å². The molecule has 7 heteroatoms. The fourth-order valence-electron chi connectivity index (χ4n) is 5.00. The molecule has 2 aliphatic rings. The lowest BCUT2D eigenvalue weighted by molar-refractivity contribution is -0.127. The van der Waals surface area contributed by atoms with E-state index in [0.717, 1.165) is 36.3 Å². The average molecular weight is 438 g/mol. The van der Waals surface area contributed by atoms with Gasteiger partial charge in [-0.2, -0.15) is 0 Å². The van der Waals surface area contributed by atoms with Crippen molar-refractivity contribution in [2.75, 3.05) is 13.1 Å². The number of benzene rings is 1. The lowest BCUT2D eigenvalue weighted by Gasteiger charge is -2.40. The minimum absolute atomic E-state index is 0.00655. The molecule has 7 nitrogen and oxygen atoms in total. The van der Waals surface area contributed by atoms with Crippen LogP contribution in [-0.4, -0.2) is 50.8 Å². The molecule has 1 saturated heterocycles. The number of carbonyl (C=O) groups excluding carboxylic acids is 2. The normalized spacial score (nSPS) is 23.2. The van der Waals surface area contributed by atoms with Gasteiger partial charge in [0.1, 0.15) is 5.82 Å². The number of rotatable bonds is 6. The van der Waals surface area contributed by atoms with Crippen molar-refractivity contribution < 1.29 is 9.59 Å². The Morgan fingerprint density at radius 2 is 2.09 bits per heavy atom. The average Bonchev–Trinajstić information content (AvgIpc) is 3.29. The number of hydrogen-bond acceptors (Lipinski definition) is 4. The van der Waals surface area contributed by atoms with Gasteiger partial charge in [0.05, 0.1) is 11.5 Å². The van der Waals surface area contributed by atoms with Crippen molar-refractivity contribution in [3.05, 3.63) is 53.1 Å².